The van der Waals surface area contributed by atoms with Gasteiger partial charge in [-0.15, -0.1) is 0 Å². The lowest BCUT2D eigenvalue weighted by Gasteiger charge is -2.28. The van der Waals surface area contributed by atoms with Gasteiger partial charge in [0, 0.05) is 38.9 Å². The zero-order valence-corrected chi connectivity index (χ0v) is 7.12. The van der Waals surface area contributed by atoms with Crippen molar-refractivity contribution in [3.05, 3.63) is 0 Å². The summed E-state index contributed by atoms with van der Waals surface area (Å²) in [6.07, 6.45) is 1.35. The van der Waals surface area contributed by atoms with E-state index < -0.39 is 0 Å². The molecule has 0 aromatic heterocycles. The molecule has 0 amide bonds. The molecule has 1 saturated heterocycles. The number of rotatable bonds is 5. The lowest BCUT2D eigenvalue weighted by atomic mass is 10.3. The summed E-state index contributed by atoms with van der Waals surface area (Å²) in [7, 11) is 1.72. The smallest absolute Gasteiger partial charge is 0.0596 e. The van der Waals surface area contributed by atoms with Crippen molar-refractivity contribution in [1.82, 2.24) is 9.03 Å². The Morgan fingerprint density at radius 3 is 2.90 bits per heavy atom. The van der Waals surface area contributed by atoms with Crippen molar-refractivity contribution < 1.29 is 4.74 Å². The number of nitrogens with zero attached hydrogens (tertiary/aromatic N) is 1. The number of ether oxygens (including phenoxy) is 1. The highest BCUT2D eigenvalue weighted by molar-refractivity contribution is 7.95. The van der Waals surface area contributed by atoms with Gasteiger partial charge in [-0.2, -0.15) is 0 Å². The van der Waals surface area contributed by atoms with E-state index in [1.54, 1.807) is 19.2 Å². The Kier molecular flexibility index (Phi) is 4.13. The van der Waals surface area contributed by atoms with Crippen molar-refractivity contribution in [2.75, 3.05) is 33.4 Å². The zero-order valence-electron chi connectivity index (χ0n) is 6.30. The molecule has 1 heterocycles. The molecule has 0 unspecified atom stereocenters. The second kappa shape index (κ2) is 4.96. The normalized spacial score (nSPS) is 18.9. The Balaban J connectivity index is 1.76. The summed E-state index contributed by atoms with van der Waals surface area (Å²) in [5.74, 6) is 0. The largest absolute Gasteiger partial charge is 0.383 e. The summed E-state index contributed by atoms with van der Waals surface area (Å²) in [5, 5.41) is 0. The Morgan fingerprint density at radius 2 is 2.40 bits per heavy atom. The van der Waals surface area contributed by atoms with E-state index in [0.717, 1.165) is 13.2 Å². The maximum absolute atomic E-state index is 4.88. The van der Waals surface area contributed by atoms with E-state index in [9.17, 15) is 0 Å². The molecule has 0 saturated carbocycles. The number of hydrogen-bond acceptors (Lipinski definition) is 4. The molecule has 0 aromatic rings. The molecule has 1 rings (SSSR count). The summed E-state index contributed by atoms with van der Waals surface area (Å²) in [6, 6.07) is 0. The van der Waals surface area contributed by atoms with Gasteiger partial charge in [0.25, 0.3) is 0 Å². The first-order chi connectivity index (χ1) is 4.93. The predicted octanol–water partition coefficient (Wildman–Crippen LogP) is 0.491. The SMILES string of the molecule is COCCNSN1CCC1. The van der Waals surface area contributed by atoms with E-state index in [1.165, 1.54) is 19.5 Å². The average Bonchev–Trinajstić information content (AvgIpc) is 1.84. The van der Waals surface area contributed by atoms with Gasteiger partial charge in [0.05, 0.1) is 6.61 Å². The second-order valence-corrected chi connectivity index (χ2v) is 3.25. The van der Waals surface area contributed by atoms with Crippen molar-refractivity contribution in [1.29, 1.82) is 0 Å². The van der Waals surface area contributed by atoms with Crippen LogP contribution in [0.25, 0.3) is 0 Å². The highest BCUT2D eigenvalue weighted by Gasteiger charge is 2.12. The molecular weight excluding hydrogens is 148 g/mol. The third-order valence-corrected chi connectivity index (χ3v) is 2.37. The van der Waals surface area contributed by atoms with Crippen LogP contribution in [0.2, 0.25) is 0 Å². The summed E-state index contributed by atoms with van der Waals surface area (Å²) >= 11 is 1.71. The van der Waals surface area contributed by atoms with E-state index in [4.69, 9.17) is 4.74 Å². The van der Waals surface area contributed by atoms with Crippen LogP contribution >= 0.6 is 12.1 Å². The maximum atomic E-state index is 4.88. The molecule has 0 aliphatic carbocycles. The van der Waals surface area contributed by atoms with Crippen LogP contribution < -0.4 is 4.72 Å². The molecule has 0 radical (unpaired) electrons. The van der Waals surface area contributed by atoms with E-state index >= 15 is 0 Å². The zero-order chi connectivity index (χ0) is 7.23. The molecule has 1 aliphatic rings. The third kappa shape index (κ3) is 2.88. The number of hydrogen-bond donors (Lipinski definition) is 1. The van der Waals surface area contributed by atoms with Crippen LogP contribution in [0.15, 0.2) is 0 Å². The van der Waals surface area contributed by atoms with Gasteiger partial charge in [-0.1, -0.05) is 0 Å². The van der Waals surface area contributed by atoms with Crippen LogP contribution in [-0.4, -0.2) is 37.7 Å². The first-order valence-corrected chi connectivity index (χ1v) is 4.34. The summed E-state index contributed by atoms with van der Waals surface area (Å²) < 4.78 is 10.4. The molecule has 0 aromatic carbocycles. The Morgan fingerprint density at radius 1 is 1.60 bits per heavy atom. The van der Waals surface area contributed by atoms with Crippen molar-refractivity contribution in [2.24, 2.45) is 0 Å². The van der Waals surface area contributed by atoms with E-state index in [0.29, 0.717) is 0 Å². The summed E-state index contributed by atoms with van der Waals surface area (Å²) in [4.78, 5) is 0. The molecule has 1 aliphatic heterocycles. The first kappa shape index (κ1) is 8.33. The van der Waals surface area contributed by atoms with E-state index in [2.05, 4.69) is 9.03 Å². The second-order valence-electron chi connectivity index (χ2n) is 2.26. The summed E-state index contributed by atoms with van der Waals surface area (Å²) in [6.45, 7) is 4.17. The lowest BCUT2D eigenvalue weighted by Crippen LogP contribution is -2.34. The Hall–Kier alpha value is 0.230. The Labute approximate surface area is 66.4 Å². The molecule has 1 N–H and O–H groups in total. The van der Waals surface area contributed by atoms with Gasteiger partial charge in [0.15, 0.2) is 0 Å². The van der Waals surface area contributed by atoms with Gasteiger partial charge in [0.2, 0.25) is 0 Å². The van der Waals surface area contributed by atoms with Crippen LogP contribution in [0.4, 0.5) is 0 Å². The minimum Gasteiger partial charge on any atom is -0.383 e. The molecule has 4 heteroatoms. The quantitative estimate of drug-likeness (QED) is 0.470. The number of nitrogens with one attached hydrogen (secondary N) is 1. The first-order valence-electron chi connectivity index (χ1n) is 3.57. The van der Waals surface area contributed by atoms with Crippen molar-refractivity contribution in [2.45, 2.75) is 6.42 Å². The topological polar surface area (TPSA) is 24.5 Å². The van der Waals surface area contributed by atoms with Gasteiger partial charge in [-0.3, -0.25) is 0 Å². The van der Waals surface area contributed by atoms with Crippen LogP contribution in [0, 0.1) is 0 Å². The minimum absolute atomic E-state index is 0.792. The van der Waals surface area contributed by atoms with Crippen LogP contribution in [-0.2, 0) is 4.74 Å². The monoisotopic (exact) mass is 162 g/mol. The third-order valence-electron chi connectivity index (χ3n) is 1.42. The molecular formula is C6H14N2OS. The average molecular weight is 162 g/mol. The molecule has 1 fully saturated rings. The Bertz CT molecular complexity index is 87.8. The van der Waals surface area contributed by atoms with Crippen molar-refractivity contribution >= 4 is 12.1 Å². The lowest BCUT2D eigenvalue weighted by molar-refractivity contribution is 0.204. The molecule has 0 atom stereocenters. The van der Waals surface area contributed by atoms with Gasteiger partial charge < -0.3 is 4.74 Å². The van der Waals surface area contributed by atoms with E-state index in [-0.39, 0.29) is 0 Å². The maximum Gasteiger partial charge on any atom is 0.0596 e. The van der Waals surface area contributed by atoms with Crippen LogP contribution in [0.3, 0.4) is 0 Å². The minimum atomic E-state index is 0.792. The molecule has 60 valence electrons. The van der Waals surface area contributed by atoms with Gasteiger partial charge in [0.1, 0.15) is 0 Å². The van der Waals surface area contributed by atoms with Crippen molar-refractivity contribution in [3.63, 3.8) is 0 Å². The van der Waals surface area contributed by atoms with Crippen LogP contribution in [0.5, 0.6) is 0 Å². The molecule has 3 nitrogen and oxygen atoms in total. The van der Waals surface area contributed by atoms with Crippen molar-refractivity contribution in [3.8, 4) is 0 Å². The van der Waals surface area contributed by atoms with Gasteiger partial charge in [-0.25, -0.2) is 9.03 Å². The highest BCUT2D eigenvalue weighted by atomic mass is 32.2. The van der Waals surface area contributed by atoms with Crippen LogP contribution in [0.1, 0.15) is 6.42 Å². The standard InChI is InChI=1S/C6H14N2OS/c1-9-6-3-7-10-8-4-2-5-8/h7H,2-6H2,1H3. The molecule has 0 bridgehead atoms. The molecule has 0 spiro atoms. The van der Waals surface area contributed by atoms with Gasteiger partial charge in [-0.05, 0) is 6.42 Å². The van der Waals surface area contributed by atoms with Gasteiger partial charge >= 0.3 is 0 Å². The number of methoxy groups -OCH3 is 1. The molecule has 10 heavy (non-hydrogen) atoms. The fourth-order valence-electron chi connectivity index (χ4n) is 0.659. The fourth-order valence-corrected chi connectivity index (χ4v) is 1.46. The van der Waals surface area contributed by atoms with E-state index in [1.807, 2.05) is 0 Å². The highest BCUT2D eigenvalue weighted by Crippen LogP contribution is 2.14. The fraction of sp³-hybridized carbons (Fsp3) is 1.00. The predicted molar refractivity (Wildman–Crippen MR) is 43.7 cm³/mol. The summed E-state index contributed by atoms with van der Waals surface area (Å²) in [5.41, 5.74) is 0.